The summed E-state index contributed by atoms with van der Waals surface area (Å²) in [6, 6.07) is -2.00. The van der Waals surface area contributed by atoms with Crippen LogP contribution in [0.5, 0.6) is 0 Å². The largest absolute Gasteiger partial charge is 0.480 e. The van der Waals surface area contributed by atoms with E-state index in [9.17, 15) is 14.4 Å². The number of hydrogen-bond donors (Lipinski definition) is 4. The molecule has 0 aliphatic heterocycles. The van der Waals surface area contributed by atoms with Gasteiger partial charge in [0.1, 0.15) is 6.04 Å². The molecule has 116 valence electrons. The van der Waals surface area contributed by atoms with Crippen molar-refractivity contribution >= 4 is 17.9 Å². The average Bonchev–Trinajstić information content (AvgIpc) is 2.31. The van der Waals surface area contributed by atoms with Crippen LogP contribution in [0.1, 0.15) is 26.7 Å². The summed E-state index contributed by atoms with van der Waals surface area (Å²) in [6.45, 7) is 5.38. The van der Waals surface area contributed by atoms with Crippen LogP contribution in [0, 0.1) is 5.92 Å². The van der Waals surface area contributed by atoms with Crippen molar-refractivity contribution in [2.45, 2.75) is 32.7 Å². The number of carbonyl (C=O) groups excluding carboxylic acids is 2. The lowest BCUT2D eigenvalue weighted by Gasteiger charge is -2.13. The molecule has 0 aromatic rings. The third-order valence-corrected chi connectivity index (χ3v) is 2.38. The number of carboxylic acids is 1. The van der Waals surface area contributed by atoms with E-state index in [1.165, 1.54) is 0 Å². The molecular weight excluding hydrogens is 266 g/mol. The lowest BCUT2D eigenvalue weighted by Crippen LogP contribution is -2.48. The molecule has 0 aromatic heterocycles. The second kappa shape index (κ2) is 10.0. The maximum Gasteiger partial charge on any atom is 0.326 e. The van der Waals surface area contributed by atoms with Gasteiger partial charge >= 0.3 is 12.0 Å². The summed E-state index contributed by atoms with van der Waals surface area (Å²) in [7, 11) is 0. The van der Waals surface area contributed by atoms with E-state index in [2.05, 4.69) is 24.5 Å². The number of nitrogens with one attached hydrogen (secondary N) is 2. The van der Waals surface area contributed by atoms with Gasteiger partial charge in [-0.2, -0.15) is 0 Å². The van der Waals surface area contributed by atoms with Gasteiger partial charge in [-0.05, 0) is 12.3 Å². The quantitative estimate of drug-likeness (QED) is 0.409. The number of carboxylic acid groups (broad SMARTS) is 1. The minimum absolute atomic E-state index is 0.257. The maximum atomic E-state index is 11.4. The zero-order valence-corrected chi connectivity index (χ0v) is 11.8. The SMILES string of the molecule is CC(C)CCOCCNC(=O)N[C@H](CC(N)=O)C(=O)O. The van der Waals surface area contributed by atoms with Crippen molar-refractivity contribution in [2.24, 2.45) is 11.7 Å². The molecule has 0 rings (SSSR count). The Hall–Kier alpha value is -1.83. The van der Waals surface area contributed by atoms with Crippen LogP contribution in [0.3, 0.4) is 0 Å². The van der Waals surface area contributed by atoms with Gasteiger partial charge < -0.3 is 26.2 Å². The molecule has 8 heteroatoms. The monoisotopic (exact) mass is 289 g/mol. The molecule has 0 fully saturated rings. The number of ether oxygens (including phenoxy) is 1. The summed E-state index contributed by atoms with van der Waals surface area (Å²) in [5, 5.41) is 13.4. The highest BCUT2D eigenvalue weighted by molar-refractivity contribution is 5.87. The number of urea groups is 1. The molecule has 3 amide bonds. The Labute approximate surface area is 118 Å². The van der Waals surface area contributed by atoms with Crippen LogP contribution >= 0.6 is 0 Å². The molecule has 0 unspecified atom stereocenters. The van der Waals surface area contributed by atoms with Gasteiger partial charge in [0.2, 0.25) is 5.91 Å². The Morgan fingerprint density at radius 3 is 2.40 bits per heavy atom. The molecule has 0 aliphatic carbocycles. The first-order chi connectivity index (χ1) is 9.32. The summed E-state index contributed by atoms with van der Waals surface area (Å²) in [4.78, 5) is 32.8. The average molecular weight is 289 g/mol. The van der Waals surface area contributed by atoms with Crippen LogP contribution in [0.4, 0.5) is 4.79 Å². The van der Waals surface area contributed by atoms with Gasteiger partial charge in [0.15, 0.2) is 0 Å². The number of primary amides is 1. The highest BCUT2D eigenvalue weighted by Crippen LogP contribution is 1.98. The van der Waals surface area contributed by atoms with Crippen LogP contribution in [-0.4, -0.2) is 48.8 Å². The molecule has 0 spiro atoms. The second-order valence-electron chi connectivity index (χ2n) is 4.76. The first-order valence-corrected chi connectivity index (χ1v) is 6.46. The molecule has 5 N–H and O–H groups in total. The summed E-state index contributed by atoms with van der Waals surface area (Å²) >= 11 is 0. The van der Waals surface area contributed by atoms with Gasteiger partial charge in [-0.3, -0.25) is 4.79 Å². The van der Waals surface area contributed by atoms with E-state index in [1.807, 2.05) is 0 Å². The molecule has 20 heavy (non-hydrogen) atoms. The highest BCUT2D eigenvalue weighted by Gasteiger charge is 2.21. The fourth-order valence-electron chi connectivity index (χ4n) is 1.27. The first-order valence-electron chi connectivity index (χ1n) is 6.46. The van der Waals surface area contributed by atoms with E-state index in [0.29, 0.717) is 19.1 Å². The van der Waals surface area contributed by atoms with Crippen molar-refractivity contribution in [3.63, 3.8) is 0 Å². The highest BCUT2D eigenvalue weighted by atomic mass is 16.5. The van der Waals surface area contributed by atoms with E-state index < -0.39 is 30.4 Å². The zero-order chi connectivity index (χ0) is 15.5. The van der Waals surface area contributed by atoms with E-state index in [4.69, 9.17) is 15.6 Å². The molecule has 0 heterocycles. The third kappa shape index (κ3) is 10.1. The molecule has 0 radical (unpaired) electrons. The summed E-state index contributed by atoms with van der Waals surface area (Å²) in [5.41, 5.74) is 4.89. The molecule has 0 saturated carbocycles. The number of hydrogen-bond acceptors (Lipinski definition) is 4. The van der Waals surface area contributed by atoms with E-state index in [0.717, 1.165) is 6.42 Å². The summed E-state index contributed by atoms with van der Waals surface area (Å²) in [6.07, 6.45) is 0.486. The normalized spacial score (nSPS) is 11.9. The number of carbonyl (C=O) groups is 3. The number of rotatable bonds is 10. The molecule has 0 bridgehead atoms. The van der Waals surface area contributed by atoms with Crippen molar-refractivity contribution in [1.82, 2.24) is 10.6 Å². The van der Waals surface area contributed by atoms with Crippen LogP contribution in [-0.2, 0) is 14.3 Å². The predicted molar refractivity (Wildman–Crippen MR) is 72.0 cm³/mol. The smallest absolute Gasteiger partial charge is 0.326 e. The molecule has 8 nitrogen and oxygen atoms in total. The van der Waals surface area contributed by atoms with Crippen molar-refractivity contribution in [3.05, 3.63) is 0 Å². The van der Waals surface area contributed by atoms with Crippen LogP contribution in [0.25, 0.3) is 0 Å². The lowest BCUT2D eigenvalue weighted by atomic mass is 10.1. The Bertz CT molecular complexity index is 333. The van der Waals surface area contributed by atoms with Crippen LogP contribution in [0.15, 0.2) is 0 Å². The number of nitrogens with two attached hydrogens (primary N) is 1. The molecule has 0 aromatic carbocycles. The molecule has 0 aliphatic rings. The van der Waals surface area contributed by atoms with Crippen LogP contribution in [0.2, 0.25) is 0 Å². The van der Waals surface area contributed by atoms with Crippen molar-refractivity contribution in [3.8, 4) is 0 Å². The van der Waals surface area contributed by atoms with E-state index in [1.54, 1.807) is 0 Å². The van der Waals surface area contributed by atoms with Gasteiger partial charge in [0, 0.05) is 13.2 Å². The van der Waals surface area contributed by atoms with Crippen molar-refractivity contribution < 1.29 is 24.2 Å². The lowest BCUT2D eigenvalue weighted by molar-refractivity contribution is -0.140. The van der Waals surface area contributed by atoms with Gasteiger partial charge in [-0.25, -0.2) is 9.59 Å². The standard InChI is InChI=1S/C12H23N3O5/c1-8(2)3-5-20-6-4-14-12(19)15-9(11(17)18)7-10(13)16/h8-9H,3-7H2,1-2H3,(H2,13,16)(H,17,18)(H2,14,15,19)/t9-/m1/s1. The predicted octanol–water partition coefficient (Wildman–Crippen LogP) is -0.323. The van der Waals surface area contributed by atoms with E-state index >= 15 is 0 Å². The van der Waals surface area contributed by atoms with Gasteiger partial charge in [-0.15, -0.1) is 0 Å². The number of aliphatic carboxylic acids is 1. The summed E-state index contributed by atoms with van der Waals surface area (Å²) < 4.78 is 5.28. The fourth-order valence-corrected chi connectivity index (χ4v) is 1.27. The fraction of sp³-hybridized carbons (Fsp3) is 0.750. The first kappa shape index (κ1) is 18.2. The Kier molecular flexibility index (Phi) is 9.10. The third-order valence-electron chi connectivity index (χ3n) is 2.38. The van der Waals surface area contributed by atoms with Gasteiger partial charge in [-0.1, -0.05) is 13.8 Å². The molecule has 1 atom stereocenters. The summed E-state index contributed by atoms with van der Waals surface area (Å²) in [5.74, 6) is -1.56. The topological polar surface area (TPSA) is 131 Å². The number of amides is 3. The Balaban J connectivity index is 3.80. The minimum Gasteiger partial charge on any atom is -0.480 e. The van der Waals surface area contributed by atoms with Gasteiger partial charge in [0.05, 0.1) is 13.0 Å². The minimum atomic E-state index is -1.32. The van der Waals surface area contributed by atoms with Crippen molar-refractivity contribution in [1.29, 1.82) is 0 Å². The maximum absolute atomic E-state index is 11.4. The zero-order valence-electron chi connectivity index (χ0n) is 11.8. The van der Waals surface area contributed by atoms with Gasteiger partial charge in [0.25, 0.3) is 0 Å². The Morgan fingerprint density at radius 1 is 1.25 bits per heavy atom. The van der Waals surface area contributed by atoms with Crippen molar-refractivity contribution in [2.75, 3.05) is 19.8 Å². The molecular formula is C12H23N3O5. The van der Waals surface area contributed by atoms with Crippen LogP contribution < -0.4 is 16.4 Å². The second-order valence-corrected chi connectivity index (χ2v) is 4.76. The molecule has 0 saturated heterocycles. The van der Waals surface area contributed by atoms with E-state index in [-0.39, 0.29) is 6.54 Å². The Morgan fingerprint density at radius 2 is 1.90 bits per heavy atom.